The first-order valence-corrected chi connectivity index (χ1v) is 8.77. The molecule has 0 fully saturated rings. The summed E-state index contributed by atoms with van der Waals surface area (Å²) in [5, 5.41) is 8.58. The first kappa shape index (κ1) is 19.6. The summed E-state index contributed by atoms with van der Waals surface area (Å²) in [5.41, 5.74) is 5.39. The van der Waals surface area contributed by atoms with Gasteiger partial charge in [0.1, 0.15) is 11.6 Å². The van der Waals surface area contributed by atoms with Crippen LogP contribution in [0.2, 0.25) is 0 Å². The minimum atomic E-state index is -0.737. The predicted molar refractivity (Wildman–Crippen MR) is 91.7 cm³/mol. The number of ether oxygens (including phenoxy) is 1. The van der Waals surface area contributed by atoms with Gasteiger partial charge >= 0.3 is 11.9 Å². The fourth-order valence-corrected chi connectivity index (χ4v) is 3.21. The zero-order chi connectivity index (χ0) is 17.5. The number of carboxylic acids is 1. The van der Waals surface area contributed by atoms with Crippen LogP contribution in [-0.2, 0) is 27.2 Å². The van der Waals surface area contributed by atoms with E-state index in [2.05, 4.69) is 6.07 Å². The van der Waals surface area contributed by atoms with Crippen LogP contribution in [-0.4, -0.2) is 28.7 Å². The van der Waals surface area contributed by atoms with Gasteiger partial charge in [-0.25, -0.2) is 0 Å². The van der Waals surface area contributed by atoms with Crippen LogP contribution in [0.1, 0.15) is 56.2 Å². The van der Waals surface area contributed by atoms with Gasteiger partial charge in [0, 0.05) is 22.6 Å². The number of nitrogens with two attached hydrogens (primary N) is 1. The first-order valence-electron chi connectivity index (χ1n) is 7.95. The molecule has 130 valence electrons. The van der Waals surface area contributed by atoms with Crippen LogP contribution >= 0.6 is 11.3 Å². The van der Waals surface area contributed by atoms with E-state index in [1.807, 2.05) is 26.8 Å². The van der Waals surface area contributed by atoms with E-state index < -0.39 is 17.6 Å². The van der Waals surface area contributed by atoms with Gasteiger partial charge in [-0.3, -0.25) is 9.59 Å². The van der Waals surface area contributed by atoms with Gasteiger partial charge < -0.3 is 15.6 Å². The van der Waals surface area contributed by atoms with Gasteiger partial charge in [-0.05, 0) is 52.2 Å². The summed E-state index contributed by atoms with van der Waals surface area (Å²) in [7, 11) is 0. The molecule has 3 N–H and O–H groups in total. The number of unbranched alkanes of at least 4 members (excludes halogenated alkanes) is 2. The number of carboxylic acid groups (broad SMARTS) is 1. The minimum Gasteiger partial charge on any atom is -0.481 e. The molecule has 0 aliphatic heterocycles. The Bertz CT molecular complexity index is 519. The Morgan fingerprint density at radius 3 is 2.48 bits per heavy atom. The van der Waals surface area contributed by atoms with E-state index in [9.17, 15) is 9.59 Å². The second-order valence-corrected chi connectivity index (χ2v) is 7.92. The molecule has 1 aromatic rings. The maximum Gasteiger partial charge on any atom is 0.323 e. The minimum absolute atomic E-state index is 0.237. The number of carbonyl (C=O) groups excluding carboxylic acids is 1. The Kier molecular flexibility index (Phi) is 7.72. The highest BCUT2D eigenvalue weighted by molar-refractivity contribution is 7.12. The fourth-order valence-electron chi connectivity index (χ4n) is 2.10. The Morgan fingerprint density at radius 1 is 1.22 bits per heavy atom. The molecular formula is C17H27NO4S. The summed E-state index contributed by atoms with van der Waals surface area (Å²) in [4.78, 5) is 24.6. The molecule has 1 heterocycles. The van der Waals surface area contributed by atoms with E-state index >= 15 is 0 Å². The van der Waals surface area contributed by atoms with E-state index in [1.165, 1.54) is 4.88 Å². The van der Waals surface area contributed by atoms with Gasteiger partial charge in [0.05, 0.1) is 0 Å². The topological polar surface area (TPSA) is 89.6 Å². The average molecular weight is 341 g/mol. The van der Waals surface area contributed by atoms with Crippen molar-refractivity contribution in [2.45, 2.75) is 70.9 Å². The summed E-state index contributed by atoms with van der Waals surface area (Å²) in [5.74, 6) is -1.11. The number of hydrogen-bond acceptors (Lipinski definition) is 5. The van der Waals surface area contributed by atoms with Gasteiger partial charge in [0.25, 0.3) is 0 Å². The van der Waals surface area contributed by atoms with Crippen molar-refractivity contribution >= 4 is 23.3 Å². The van der Waals surface area contributed by atoms with Crippen molar-refractivity contribution in [1.82, 2.24) is 0 Å². The summed E-state index contributed by atoms with van der Waals surface area (Å²) in [6, 6.07) is 3.41. The number of esters is 1. The van der Waals surface area contributed by atoms with Crippen molar-refractivity contribution in [1.29, 1.82) is 0 Å². The monoisotopic (exact) mass is 341 g/mol. The van der Waals surface area contributed by atoms with Crippen molar-refractivity contribution < 1.29 is 19.4 Å². The Hall–Kier alpha value is -1.40. The second kappa shape index (κ2) is 9.03. The molecule has 0 saturated carbocycles. The molecule has 0 aliphatic carbocycles. The zero-order valence-electron chi connectivity index (χ0n) is 14.1. The molecule has 0 saturated heterocycles. The van der Waals surface area contributed by atoms with Crippen LogP contribution in [0.3, 0.4) is 0 Å². The highest BCUT2D eigenvalue weighted by Gasteiger charge is 2.22. The molecule has 0 radical (unpaired) electrons. The second-order valence-electron chi connectivity index (χ2n) is 6.67. The fraction of sp³-hybridized carbons (Fsp3) is 0.647. The first-order chi connectivity index (χ1) is 10.7. The molecule has 23 heavy (non-hydrogen) atoms. The quantitative estimate of drug-likeness (QED) is 0.532. The highest BCUT2D eigenvalue weighted by Crippen LogP contribution is 2.21. The van der Waals surface area contributed by atoms with Crippen molar-refractivity contribution in [3.63, 3.8) is 0 Å². The van der Waals surface area contributed by atoms with Crippen LogP contribution in [0.25, 0.3) is 0 Å². The van der Waals surface area contributed by atoms with Crippen LogP contribution in [0, 0.1) is 0 Å². The maximum absolute atomic E-state index is 11.9. The standard InChI is InChI=1S/C17H27NO4S/c1-17(2,3)22-16(21)14(18)11-13-10-9-12(23-13)7-5-4-6-8-15(19)20/h9-10,14H,4-8,11,18H2,1-3H3,(H,19,20)/t14-/m0/s1. The molecule has 0 aromatic carbocycles. The van der Waals surface area contributed by atoms with Gasteiger partial charge in [-0.2, -0.15) is 0 Å². The molecule has 1 atom stereocenters. The summed E-state index contributed by atoms with van der Waals surface area (Å²) < 4.78 is 5.28. The molecule has 1 aromatic heterocycles. The normalized spacial score (nSPS) is 12.9. The van der Waals surface area contributed by atoms with Gasteiger partial charge in [-0.15, -0.1) is 11.3 Å². The zero-order valence-corrected chi connectivity index (χ0v) is 14.9. The molecule has 0 unspecified atom stereocenters. The lowest BCUT2D eigenvalue weighted by molar-refractivity contribution is -0.156. The number of aryl methyl sites for hydroxylation is 1. The van der Waals surface area contributed by atoms with Crippen LogP contribution < -0.4 is 5.73 Å². The Morgan fingerprint density at radius 2 is 1.87 bits per heavy atom. The number of rotatable bonds is 9. The molecule has 6 heteroatoms. The molecule has 0 amide bonds. The number of hydrogen-bond donors (Lipinski definition) is 2. The summed E-state index contributed by atoms with van der Waals surface area (Å²) >= 11 is 1.66. The van der Waals surface area contributed by atoms with E-state index in [0.717, 1.165) is 30.6 Å². The smallest absolute Gasteiger partial charge is 0.323 e. The van der Waals surface area contributed by atoms with Crippen molar-refractivity contribution in [3.05, 3.63) is 21.9 Å². The van der Waals surface area contributed by atoms with Crippen LogP contribution in [0.15, 0.2) is 12.1 Å². The van der Waals surface area contributed by atoms with E-state index in [1.54, 1.807) is 11.3 Å². The third-order valence-electron chi connectivity index (χ3n) is 3.16. The molecule has 0 spiro atoms. The highest BCUT2D eigenvalue weighted by atomic mass is 32.1. The lowest BCUT2D eigenvalue weighted by atomic mass is 10.1. The van der Waals surface area contributed by atoms with Gasteiger partial charge in [0.15, 0.2) is 0 Å². The predicted octanol–water partition coefficient (Wildman–Crippen LogP) is 3.15. The summed E-state index contributed by atoms with van der Waals surface area (Å²) in [6.07, 6.45) is 4.27. The number of thiophene rings is 1. The Labute approximate surface area is 141 Å². The van der Waals surface area contributed by atoms with Gasteiger partial charge in [-0.1, -0.05) is 6.42 Å². The third kappa shape index (κ3) is 8.71. The molecule has 5 nitrogen and oxygen atoms in total. The SMILES string of the molecule is CC(C)(C)OC(=O)[C@@H](N)Cc1ccc(CCCCCC(=O)O)s1. The van der Waals surface area contributed by atoms with E-state index in [0.29, 0.717) is 6.42 Å². The molecular weight excluding hydrogens is 314 g/mol. The average Bonchev–Trinajstić information content (AvgIpc) is 2.83. The summed E-state index contributed by atoms with van der Waals surface area (Å²) in [6.45, 7) is 5.47. The molecule has 1 rings (SSSR count). The largest absolute Gasteiger partial charge is 0.481 e. The molecule has 0 aliphatic rings. The van der Waals surface area contributed by atoms with Crippen molar-refractivity contribution in [3.8, 4) is 0 Å². The van der Waals surface area contributed by atoms with Crippen molar-refractivity contribution in [2.75, 3.05) is 0 Å². The van der Waals surface area contributed by atoms with Gasteiger partial charge in [0.2, 0.25) is 0 Å². The lowest BCUT2D eigenvalue weighted by Crippen LogP contribution is -2.38. The lowest BCUT2D eigenvalue weighted by Gasteiger charge is -2.21. The van der Waals surface area contributed by atoms with Crippen LogP contribution in [0.5, 0.6) is 0 Å². The maximum atomic E-state index is 11.9. The van der Waals surface area contributed by atoms with Crippen LogP contribution in [0.4, 0.5) is 0 Å². The number of aliphatic carboxylic acids is 1. The Balaban J connectivity index is 2.35. The van der Waals surface area contributed by atoms with E-state index in [4.69, 9.17) is 15.6 Å². The third-order valence-corrected chi connectivity index (χ3v) is 4.33. The number of carbonyl (C=O) groups is 2. The van der Waals surface area contributed by atoms with Crippen molar-refractivity contribution in [2.24, 2.45) is 5.73 Å². The van der Waals surface area contributed by atoms with E-state index in [-0.39, 0.29) is 12.4 Å². The molecule has 0 bridgehead atoms.